The number of likely N-dealkylation sites (N-methyl/N-ethyl adjacent to an activating group) is 2. The van der Waals surface area contributed by atoms with Gasteiger partial charge in [-0.1, -0.05) is 35.9 Å². The molecule has 1 unspecified atom stereocenters. The number of halogens is 1. The average Bonchev–Trinajstić information content (AvgIpc) is 3.36. The number of amides is 2. The molecule has 1 atom stereocenters. The molecule has 2 aromatic rings. The Balaban J connectivity index is 0.000000408. The van der Waals surface area contributed by atoms with E-state index in [1.807, 2.05) is 0 Å². The molecule has 0 bridgehead atoms. The fraction of sp³-hybridized carbons (Fsp3) is 0.485. The molecule has 0 radical (unpaired) electrons. The predicted octanol–water partition coefficient (Wildman–Crippen LogP) is 2.02. The molecule has 0 aromatic heterocycles. The molecule has 48 heavy (non-hydrogen) atoms. The van der Waals surface area contributed by atoms with Gasteiger partial charge in [0.25, 0.3) is 0 Å². The van der Waals surface area contributed by atoms with E-state index >= 15 is 0 Å². The molecule has 2 heterocycles. The van der Waals surface area contributed by atoms with E-state index in [1.54, 1.807) is 33.3 Å². The molecule has 262 valence electrons. The smallest absolute Gasteiger partial charge is 0.336 e. The second-order valence-electron chi connectivity index (χ2n) is 12.4. The molecule has 4 rings (SSSR count). The molecule has 15 heteroatoms. The van der Waals surface area contributed by atoms with Crippen LogP contribution in [-0.4, -0.2) is 123 Å². The quantitative estimate of drug-likeness (QED) is 0.217. The zero-order valence-corrected chi connectivity index (χ0v) is 27.9. The fourth-order valence-corrected chi connectivity index (χ4v) is 6.06. The first-order valence-electron chi connectivity index (χ1n) is 15.2. The number of ether oxygens (including phenoxy) is 1. The summed E-state index contributed by atoms with van der Waals surface area (Å²) in [6, 6.07) is 13.2. The number of hydrogen-bond acceptors (Lipinski definition) is 9. The number of fused-ring (bicyclic) bond motifs is 2. The SMILES string of the molecule is CN(C)C(=O)CN(C)C(=O)C(Cc1cc(O)ccc1Cl)CN1CCC2(CC1)OCc1ccccc12.O=C(O)CC(O)(CC(=O)O)C(=O)O. The van der Waals surface area contributed by atoms with Crippen molar-refractivity contribution in [1.82, 2.24) is 14.7 Å². The van der Waals surface area contributed by atoms with Gasteiger partial charge in [0, 0.05) is 45.8 Å². The molecule has 0 aliphatic carbocycles. The highest BCUT2D eigenvalue weighted by atomic mass is 35.5. The minimum Gasteiger partial charge on any atom is -0.508 e. The van der Waals surface area contributed by atoms with Crippen LogP contribution in [-0.2, 0) is 47.3 Å². The minimum absolute atomic E-state index is 0.0177. The molecular weight excluding hydrogens is 650 g/mol. The van der Waals surface area contributed by atoms with Gasteiger partial charge in [0.1, 0.15) is 5.75 Å². The summed E-state index contributed by atoms with van der Waals surface area (Å²) in [6.07, 6.45) is -0.170. The lowest BCUT2D eigenvalue weighted by Gasteiger charge is -2.40. The van der Waals surface area contributed by atoms with Crippen molar-refractivity contribution < 1.29 is 54.2 Å². The van der Waals surface area contributed by atoms with Crippen LogP contribution in [0.3, 0.4) is 0 Å². The summed E-state index contributed by atoms with van der Waals surface area (Å²) >= 11 is 6.40. The normalized spacial score (nSPS) is 15.9. The van der Waals surface area contributed by atoms with Crippen molar-refractivity contribution in [1.29, 1.82) is 0 Å². The first-order valence-corrected chi connectivity index (χ1v) is 15.6. The molecule has 1 saturated heterocycles. The zero-order chi connectivity index (χ0) is 35.8. The number of phenols is 1. The third kappa shape index (κ3) is 9.89. The Morgan fingerprint density at radius 2 is 1.58 bits per heavy atom. The second kappa shape index (κ2) is 16.2. The van der Waals surface area contributed by atoms with E-state index in [-0.39, 0.29) is 29.7 Å². The van der Waals surface area contributed by atoms with E-state index < -0.39 is 42.3 Å². The van der Waals surface area contributed by atoms with Crippen LogP contribution in [0.2, 0.25) is 5.02 Å². The van der Waals surface area contributed by atoms with Gasteiger partial charge in [-0.15, -0.1) is 0 Å². The zero-order valence-electron chi connectivity index (χ0n) is 27.1. The molecule has 2 aliphatic rings. The second-order valence-corrected chi connectivity index (χ2v) is 12.8. The molecule has 0 saturated carbocycles. The summed E-state index contributed by atoms with van der Waals surface area (Å²) in [5.74, 6) is -5.55. The van der Waals surface area contributed by atoms with E-state index in [0.717, 1.165) is 31.5 Å². The summed E-state index contributed by atoms with van der Waals surface area (Å²) in [4.78, 5) is 61.5. The van der Waals surface area contributed by atoms with E-state index in [0.29, 0.717) is 24.6 Å². The van der Waals surface area contributed by atoms with Crippen molar-refractivity contribution >= 4 is 41.3 Å². The number of aliphatic hydroxyl groups is 1. The maximum atomic E-state index is 13.5. The van der Waals surface area contributed by atoms with Crippen LogP contribution in [0.1, 0.15) is 42.4 Å². The summed E-state index contributed by atoms with van der Waals surface area (Å²) in [7, 11) is 5.02. The summed E-state index contributed by atoms with van der Waals surface area (Å²) < 4.78 is 6.29. The van der Waals surface area contributed by atoms with Crippen LogP contribution in [0.5, 0.6) is 5.75 Å². The molecule has 1 fully saturated rings. The lowest BCUT2D eigenvalue weighted by Crippen LogP contribution is -2.48. The molecule has 2 amide bonds. The molecule has 5 N–H and O–H groups in total. The number of hydrogen-bond donors (Lipinski definition) is 5. The minimum atomic E-state index is -2.74. The highest BCUT2D eigenvalue weighted by Gasteiger charge is 2.43. The summed E-state index contributed by atoms with van der Waals surface area (Å²) in [6.45, 7) is 2.84. The highest BCUT2D eigenvalue weighted by molar-refractivity contribution is 6.31. The lowest BCUT2D eigenvalue weighted by molar-refractivity contribution is -0.170. The number of phenolic OH excluding ortho intramolecular Hbond substituents is 1. The molecule has 14 nitrogen and oxygen atoms in total. The summed E-state index contributed by atoms with van der Waals surface area (Å²) in [5.41, 5.74) is 0.299. The van der Waals surface area contributed by atoms with E-state index in [2.05, 4.69) is 29.2 Å². The van der Waals surface area contributed by atoms with Gasteiger partial charge in [-0.3, -0.25) is 19.2 Å². The van der Waals surface area contributed by atoms with Gasteiger partial charge in [0.05, 0.1) is 37.5 Å². The van der Waals surface area contributed by atoms with Crippen LogP contribution in [0.4, 0.5) is 0 Å². The maximum absolute atomic E-state index is 13.5. The number of piperidine rings is 1. The number of aliphatic carboxylic acids is 3. The Hall–Kier alpha value is -4.24. The Bertz CT molecular complexity index is 1490. The topological polar surface area (TPSA) is 205 Å². The Morgan fingerprint density at radius 3 is 2.15 bits per heavy atom. The van der Waals surface area contributed by atoms with E-state index in [9.17, 15) is 29.1 Å². The predicted molar refractivity (Wildman–Crippen MR) is 172 cm³/mol. The van der Waals surface area contributed by atoms with Gasteiger partial charge in [0.2, 0.25) is 11.8 Å². The van der Waals surface area contributed by atoms with Crippen molar-refractivity contribution in [2.45, 2.75) is 49.9 Å². The first kappa shape index (κ1) is 38.2. The van der Waals surface area contributed by atoms with Gasteiger partial charge >= 0.3 is 17.9 Å². The van der Waals surface area contributed by atoms with Gasteiger partial charge in [-0.05, 0) is 54.2 Å². The average molecular weight is 692 g/mol. The molecule has 2 aromatic carbocycles. The Kier molecular flexibility index (Phi) is 12.9. The van der Waals surface area contributed by atoms with Crippen molar-refractivity contribution in [3.63, 3.8) is 0 Å². The molecule has 2 aliphatic heterocycles. The van der Waals surface area contributed by atoms with Crippen LogP contribution >= 0.6 is 11.6 Å². The third-order valence-corrected chi connectivity index (χ3v) is 8.90. The molecular formula is C33H42ClN3O11. The van der Waals surface area contributed by atoms with Crippen molar-refractivity contribution in [3.05, 3.63) is 64.2 Å². The standard InChI is InChI=1S/C27H34ClN3O4.C6H8O7/c1-29(2)25(33)17-30(3)26(34)21(14-20-15-22(32)8-9-24(20)28)16-31-12-10-27(11-13-31)23-7-5-4-6-19(23)18-35-27;7-3(8)1-6(13,5(11)12)2-4(9)10/h4-9,15,21,32H,10-14,16-18H2,1-3H3;13H,1-2H2,(H,7,8)(H,9,10)(H,11,12). The van der Waals surface area contributed by atoms with Crippen LogP contribution in [0.25, 0.3) is 0 Å². The highest BCUT2D eigenvalue weighted by Crippen LogP contribution is 2.44. The van der Waals surface area contributed by atoms with Gasteiger partial charge in [0.15, 0.2) is 5.60 Å². The molecule has 1 spiro atoms. The largest absolute Gasteiger partial charge is 0.508 e. The Morgan fingerprint density at radius 1 is 0.979 bits per heavy atom. The first-order chi connectivity index (χ1) is 22.5. The number of rotatable bonds is 12. The van der Waals surface area contributed by atoms with Crippen molar-refractivity contribution in [2.75, 3.05) is 47.3 Å². The number of carboxylic acids is 3. The summed E-state index contributed by atoms with van der Waals surface area (Å²) in [5, 5.41) is 44.3. The van der Waals surface area contributed by atoms with Gasteiger partial charge in [-0.2, -0.15) is 0 Å². The number of benzene rings is 2. The van der Waals surface area contributed by atoms with Crippen LogP contribution < -0.4 is 0 Å². The third-order valence-electron chi connectivity index (χ3n) is 8.53. The fourth-order valence-electron chi connectivity index (χ4n) is 5.87. The van der Waals surface area contributed by atoms with Gasteiger partial charge in [-0.25, -0.2) is 4.79 Å². The van der Waals surface area contributed by atoms with E-state index in [1.165, 1.54) is 27.0 Å². The number of carboxylic acid groups (broad SMARTS) is 3. The number of carbonyl (C=O) groups is 5. The number of carbonyl (C=O) groups excluding carboxylic acids is 2. The monoisotopic (exact) mass is 691 g/mol. The van der Waals surface area contributed by atoms with Crippen molar-refractivity contribution in [3.8, 4) is 5.75 Å². The van der Waals surface area contributed by atoms with Crippen molar-refractivity contribution in [2.24, 2.45) is 5.92 Å². The number of aromatic hydroxyl groups is 1. The lowest BCUT2D eigenvalue weighted by atomic mass is 9.83. The van der Waals surface area contributed by atoms with Crippen LogP contribution in [0, 0.1) is 5.92 Å². The van der Waals surface area contributed by atoms with Gasteiger partial charge < -0.3 is 45.0 Å². The number of likely N-dealkylation sites (tertiary alicyclic amines) is 1. The Labute approximate surface area is 283 Å². The van der Waals surface area contributed by atoms with E-state index in [4.69, 9.17) is 36.8 Å². The van der Waals surface area contributed by atoms with Crippen LogP contribution in [0.15, 0.2) is 42.5 Å². The maximum Gasteiger partial charge on any atom is 0.336 e. The number of nitrogens with zero attached hydrogens (tertiary/aromatic N) is 3.